The molecule has 0 aliphatic carbocycles. The molecule has 1 radical (unpaired) electrons. The number of hydrogen-bond acceptors (Lipinski definition) is 0. The van der Waals surface area contributed by atoms with Crippen molar-refractivity contribution in [3.8, 4) is 0 Å². The number of aryl methyl sites for hydroxylation is 2. The molecule has 0 fully saturated rings. The summed E-state index contributed by atoms with van der Waals surface area (Å²) in [5, 5.41) is 0. The maximum Gasteiger partial charge on any atom is -0.00211 e. The van der Waals surface area contributed by atoms with E-state index in [1.54, 1.807) is 0 Å². The molecular weight excluding hydrogens is 204 g/mol. The molecule has 0 N–H and O–H groups in total. The Morgan fingerprint density at radius 1 is 0.765 bits per heavy atom. The lowest BCUT2D eigenvalue weighted by Gasteiger charge is -2.12. The Labute approximate surface area is 104 Å². The summed E-state index contributed by atoms with van der Waals surface area (Å²) in [4.78, 5) is 0. The second-order valence-corrected chi connectivity index (χ2v) is 4.78. The van der Waals surface area contributed by atoms with Crippen LogP contribution in [0.1, 0.15) is 35.1 Å². The summed E-state index contributed by atoms with van der Waals surface area (Å²) in [7, 11) is 0. The van der Waals surface area contributed by atoms with Crippen molar-refractivity contribution in [1.82, 2.24) is 0 Å². The smallest absolute Gasteiger partial charge is 0.00211 e. The molecule has 0 heterocycles. The number of rotatable bonds is 3. The lowest BCUT2D eigenvalue weighted by molar-refractivity contribution is 0.903. The van der Waals surface area contributed by atoms with E-state index in [9.17, 15) is 0 Å². The summed E-state index contributed by atoms with van der Waals surface area (Å²) in [6.07, 6.45) is 2.31. The van der Waals surface area contributed by atoms with Crippen LogP contribution in [0.3, 0.4) is 0 Å². The van der Waals surface area contributed by atoms with Gasteiger partial charge >= 0.3 is 0 Å². The van der Waals surface area contributed by atoms with Gasteiger partial charge in [0.2, 0.25) is 0 Å². The SMILES string of the molecule is Cc1ccc([CH]C(C)c2ccc(C)cc2)cc1. The normalized spacial score (nSPS) is 12.4. The van der Waals surface area contributed by atoms with Gasteiger partial charge in [-0.3, -0.25) is 0 Å². The summed E-state index contributed by atoms with van der Waals surface area (Å²) in [5.74, 6) is 0.457. The second-order valence-electron chi connectivity index (χ2n) is 4.78. The molecule has 0 saturated carbocycles. The standard InChI is InChI=1S/C17H19/c1-13-4-8-16(9-5-13)12-15(3)17-10-6-14(2)7-11-17/h4-12,15H,1-3H3. The van der Waals surface area contributed by atoms with Gasteiger partial charge in [-0.2, -0.15) is 0 Å². The van der Waals surface area contributed by atoms with Crippen LogP contribution in [-0.2, 0) is 0 Å². The van der Waals surface area contributed by atoms with E-state index in [0.29, 0.717) is 5.92 Å². The zero-order chi connectivity index (χ0) is 12.3. The summed E-state index contributed by atoms with van der Waals surface area (Å²) in [5.41, 5.74) is 5.29. The van der Waals surface area contributed by atoms with Gasteiger partial charge in [0.1, 0.15) is 0 Å². The van der Waals surface area contributed by atoms with Gasteiger partial charge in [-0.05, 0) is 37.3 Å². The average Bonchev–Trinajstić information content (AvgIpc) is 2.33. The predicted molar refractivity (Wildman–Crippen MR) is 74.2 cm³/mol. The Morgan fingerprint density at radius 3 is 1.76 bits per heavy atom. The van der Waals surface area contributed by atoms with Gasteiger partial charge in [-0.25, -0.2) is 0 Å². The fourth-order valence-electron chi connectivity index (χ4n) is 1.93. The van der Waals surface area contributed by atoms with Gasteiger partial charge in [0.05, 0.1) is 0 Å². The molecule has 0 aromatic heterocycles. The first-order chi connectivity index (χ1) is 8.15. The number of benzene rings is 2. The van der Waals surface area contributed by atoms with E-state index in [0.717, 1.165) is 0 Å². The summed E-state index contributed by atoms with van der Waals surface area (Å²) < 4.78 is 0. The molecule has 17 heavy (non-hydrogen) atoms. The average molecular weight is 223 g/mol. The van der Waals surface area contributed by atoms with Crippen molar-refractivity contribution in [2.45, 2.75) is 26.7 Å². The Bertz CT molecular complexity index is 462. The second kappa shape index (κ2) is 5.18. The first-order valence-electron chi connectivity index (χ1n) is 6.13. The lowest BCUT2D eigenvalue weighted by Crippen LogP contribution is -1.96. The molecular formula is C17H19. The molecule has 0 heteroatoms. The molecule has 1 atom stereocenters. The van der Waals surface area contributed by atoms with E-state index in [4.69, 9.17) is 0 Å². The fraction of sp³-hybridized carbons (Fsp3) is 0.235. The number of hydrogen-bond donors (Lipinski definition) is 0. The first-order valence-corrected chi connectivity index (χ1v) is 6.13. The van der Waals surface area contributed by atoms with Gasteiger partial charge in [-0.15, -0.1) is 0 Å². The van der Waals surface area contributed by atoms with Crippen LogP contribution in [0.5, 0.6) is 0 Å². The van der Waals surface area contributed by atoms with Crippen molar-refractivity contribution in [1.29, 1.82) is 0 Å². The highest BCUT2D eigenvalue weighted by Crippen LogP contribution is 2.22. The molecule has 0 saturated heterocycles. The third-order valence-electron chi connectivity index (χ3n) is 3.12. The molecule has 87 valence electrons. The van der Waals surface area contributed by atoms with Gasteiger partial charge in [0.25, 0.3) is 0 Å². The fourth-order valence-corrected chi connectivity index (χ4v) is 1.93. The highest BCUT2D eigenvalue weighted by Gasteiger charge is 2.06. The van der Waals surface area contributed by atoms with Crippen molar-refractivity contribution in [3.05, 3.63) is 77.2 Å². The predicted octanol–water partition coefficient (Wildman–Crippen LogP) is 4.66. The maximum atomic E-state index is 2.31. The van der Waals surface area contributed by atoms with Crippen molar-refractivity contribution in [2.75, 3.05) is 0 Å². The largest absolute Gasteiger partial charge is 0.0590 e. The quantitative estimate of drug-likeness (QED) is 0.710. The highest BCUT2D eigenvalue weighted by molar-refractivity contribution is 5.33. The van der Waals surface area contributed by atoms with Crippen LogP contribution in [0.15, 0.2) is 48.5 Å². The van der Waals surface area contributed by atoms with Crippen molar-refractivity contribution >= 4 is 0 Å². The molecule has 1 unspecified atom stereocenters. The Morgan fingerprint density at radius 2 is 1.24 bits per heavy atom. The molecule has 0 aliphatic heterocycles. The zero-order valence-corrected chi connectivity index (χ0v) is 10.8. The van der Waals surface area contributed by atoms with Crippen molar-refractivity contribution in [2.24, 2.45) is 0 Å². The Balaban J connectivity index is 2.08. The van der Waals surface area contributed by atoms with E-state index in [2.05, 4.69) is 75.7 Å². The van der Waals surface area contributed by atoms with Crippen LogP contribution in [0, 0.1) is 20.3 Å². The van der Waals surface area contributed by atoms with E-state index >= 15 is 0 Å². The van der Waals surface area contributed by atoms with Gasteiger partial charge < -0.3 is 0 Å². The summed E-state index contributed by atoms with van der Waals surface area (Å²) in [6.45, 7) is 6.48. The van der Waals surface area contributed by atoms with E-state index in [-0.39, 0.29) is 0 Å². The van der Waals surface area contributed by atoms with Gasteiger partial charge in [0.15, 0.2) is 0 Å². The molecule has 0 aliphatic rings. The van der Waals surface area contributed by atoms with Crippen LogP contribution in [-0.4, -0.2) is 0 Å². The molecule has 2 aromatic rings. The third kappa shape index (κ3) is 3.20. The Hall–Kier alpha value is -1.56. The molecule has 0 amide bonds. The first kappa shape index (κ1) is 11.9. The van der Waals surface area contributed by atoms with Gasteiger partial charge in [-0.1, -0.05) is 66.6 Å². The van der Waals surface area contributed by atoms with E-state index in [1.807, 2.05) is 0 Å². The topological polar surface area (TPSA) is 0 Å². The minimum absolute atomic E-state index is 0.457. The molecule has 0 spiro atoms. The highest BCUT2D eigenvalue weighted by atomic mass is 14.1. The van der Waals surface area contributed by atoms with E-state index < -0.39 is 0 Å². The van der Waals surface area contributed by atoms with Crippen molar-refractivity contribution in [3.63, 3.8) is 0 Å². The molecule has 2 aromatic carbocycles. The monoisotopic (exact) mass is 223 g/mol. The minimum Gasteiger partial charge on any atom is -0.0590 e. The minimum atomic E-state index is 0.457. The Kier molecular flexibility index (Phi) is 3.63. The summed E-state index contributed by atoms with van der Waals surface area (Å²) in [6, 6.07) is 17.5. The third-order valence-corrected chi connectivity index (χ3v) is 3.12. The molecule has 2 rings (SSSR count). The molecule has 0 bridgehead atoms. The van der Waals surface area contributed by atoms with Crippen LogP contribution in [0.2, 0.25) is 0 Å². The van der Waals surface area contributed by atoms with Crippen LogP contribution in [0.4, 0.5) is 0 Å². The summed E-state index contributed by atoms with van der Waals surface area (Å²) >= 11 is 0. The lowest BCUT2D eigenvalue weighted by atomic mass is 9.93. The van der Waals surface area contributed by atoms with E-state index in [1.165, 1.54) is 22.3 Å². The van der Waals surface area contributed by atoms with Gasteiger partial charge in [0, 0.05) is 0 Å². The van der Waals surface area contributed by atoms with Crippen LogP contribution in [0.25, 0.3) is 0 Å². The van der Waals surface area contributed by atoms with Crippen LogP contribution >= 0.6 is 0 Å². The molecule has 0 nitrogen and oxygen atoms in total. The maximum absolute atomic E-state index is 2.31. The van der Waals surface area contributed by atoms with Crippen LogP contribution < -0.4 is 0 Å². The van der Waals surface area contributed by atoms with Crippen molar-refractivity contribution < 1.29 is 0 Å². The zero-order valence-electron chi connectivity index (χ0n) is 10.8.